The Balaban J connectivity index is 1.80. The second-order valence-corrected chi connectivity index (χ2v) is 4.30. The molecule has 0 aromatic carbocycles. The number of ether oxygens (including phenoxy) is 1. The molecule has 0 aliphatic rings. The van der Waals surface area contributed by atoms with Gasteiger partial charge in [0.1, 0.15) is 5.69 Å². The maximum absolute atomic E-state index is 12.0. The molecule has 7 nitrogen and oxygen atoms in total. The van der Waals surface area contributed by atoms with Crippen molar-refractivity contribution in [3.8, 4) is 0 Å². The van der Waals surface area contributed by atoms with Gasteiger partial charge in [0.05, 0.1) is 11.8 Å². The number of fused-ring (bicyclic) bond motifs is 1. The number of aromatic amines is 1. The van der Waals surface area contributed by atoms with Crippen molar-refractivity contribution in [2.45, 2.75) is 20.0 Å². The largest absolute Gasteiger partial charge is 0.519 e. The third-order valence-electron chi connectivity index (χ3n) is 2.89. The zero-order chi connectivity index (χ0) is 14.3. The predicted octanol–water partition coefficient (Wildman–Crippen LogP) is 2.53. The Labute approximate surface area is 112 Å². The van der Waals surface area contributed by atoms with Crippen LogP contribution in [0.1, 0.15) is 35.0 Å². The van der Waals surface area contributed by atoms with Crippen molar-refractivity contribution < 1.29 is 22.8 Å². The number of esters is 1. The molecular weight excluding hydrogens is 266 g/mol. The van der Waals surface area contributed by atoms with Crippen molar-refractivity contribution in [2.75, 3.05) is 0 Å². The number of hydrogen-bond donors (Lipinski definition) is 1. The Morgan fingerprint density at radius 3 is 2.85 bits per heavy atom. The number of hydrogen-bond acceptors (Lipinski definition) is 6. The summed E-state index contributed by atoms with van der Waals surface area (Å²) in [5.41, 5.74) is 1.53. The van der Waals surface area contributed by atoms with Gasteiger partial charge >= 0.3 is 11.8 Å². The second-order valence-electron chi connectivity index (χ2n) is 4.30. The molecule has 3 aromatic heterocycles. The number of aromatic nitrogens is 1. The molecule has 3 rings (SSSR count). The lowest BCUT2D eigenvalue weighted by Crippen LogP contribution is -2.10. The molecule has 104 valence electrons. The highest BCUT2D eigenvalue weighted by atomic mass is 16.6. The van der Waals surface area contributed by atoms with Crippen molar-refractivity contribution in [3.05, 3.63) is 46.2 Å². The number of nitrogens with one attached hydrogen (secondary N) is 1. The van der Waals surface area contributed by atoms with Crippen LogP contribution in [0.3, 0.4) is 0 Å². The van der Waals surface area contributed by atoms with Gasteiger partial charge in [-0.05, 0) is 13.8 Å². The molecule has 0 fully saturated rings. The normalized spacial score (nSPS) is 12.7. The fraction of sp³-hybridized carbons (Fsp3) is 0.231. The standard InChI is InChI=1S/C13H11NO6/c1-6(11-7(2)19-13(16)20-11)18-12(15)9-5-10-8(14-9)3-4-17-10/h3-6,14H,1-2H3. The number of carbonyl (C=O) groups is 1. The molecule has 0 amide bonds. The molecule has 0 aliphatic heterocycles. The SMILES string of the molecule is Cc1oc(=O)oc1C(C)OC(=O)c1cc2occc2[nH]1. The highest BCUT2D eigenvalue weighted by Gasteiger charge is 2.22. The predicted molar refractivity (Wildman–Crippen MR) is 66.4 cm³/mol. The molecule has 1 atom stereocenters. The van der Waals surface area contributed by atoms with Crippen LogP contribution in [0.4, 0.5) is 0 Å². The summed E-state index contributed by atoms with van der Waals surface area (Å²) >= 11 is 0. The number of carbonyl (C=O) groups excluding carboxylic acids is 1. The summed E-state index contributed by atoms with van der Waals surface area (Å²) in [6, 6.07) is 3.25. The molecule has 0 spiro atoms. The van der Waals surface area contributed by atoms with Crippen LogP contribution in [-0.4, -0.2) is 11.0 Å². The molecular formula is C13H11NO6. The van der Waals surface area contributed by atoms with Crippen molar-refractivity contribution in [1.82, 2.24) is 4.98 Å². The van der Waals surface area contributed by atoms with E-state index in [4.69, 9.17) is 18.0 Å². The Bertz CT molecular complexity index is 789. The molecule has 0 radical (unpaired) electrons. The minimum atomic E-state index is -0.821. The van der Waals surface area contributed by atoms with Gasteiger partial charge in [0.25, 0.3) is 0 Å². The van der Waals surface area contributed by atoms with Gasteiger partial charge in [0.15, 0.2) is 23.2 Å². The van der Waals surface area contributed by atoms with E-state index in [2.05, 4.69) is 4.98 Å². The van der Waals surface area contributed by atoms with Crippen molar-refractivity contribution in [2.24, 2.45) is 0 Å². The van der Waals surface area contributed by atoms with Crippen LogP contribution in [0.25, 0.3) is 11.1 Å². The lowest BCUT2D eigenvalue weighted by atomic mass is 10.2. The second kappa shape index (κ2) is 4.44. The summed E-state index contributed by atoms with van der Waals surface area (Å²) in [5.74, 6) is -0.918. The van der Waals surface area contributed by atoms with Crippen LogP contribution in [0.15, 0.2) is 36.4 Å². The Morgan fingerprint density at radius 1 is 1.40 bits per heavy atom. The van der Waals surface area contributed by atoms with Crippen molar-refractivity contribution in [3.63, 3.8) is 0 Å². The van der Waals surface area contributed by atoms with Crippen molar-refractivity contribution in [1.29, 1.82) is 0 Å². The Morgan fingerprint density at radius 2 is 2.20 bits per heavy atom. The van der Waals surface area contributed by atoms with E-state index in [1.54, 1.807) is 26.0 Å². The summed E-state index contributed by atoms with van der Waals surface area (Å²) in [5, 5.41) is 0. The number of furan rings is 1. The van der Waals surface area contributed by atoms with E-state index >= 15 is 0 Å². The van der Waals surface area contributed by atoms with E-state index in [1.807, 2.05) is 0 Å². The van der Waals surface area contributed by atoms with Gasteiger partial charge in [0, 0.05) is 12.1 Å². The van der Waals surface area contributed by atoms with Gasteiger partial charge in [-0.3, -0.25) is 0 Å². The summed E-state index contributed by atoms with van der Waals surface area (Å²) in [7, 11) is 0. The molecule has 3 aromatic rings. The number of rotatable bonds is 3. The van der Waals surface area contributed by atoms with Gasteiger partial charge in [-0.2, -0.15) is 0 Å². The average Bonchev–Trinajstić information content (AvgIpc) is 3.02. The molecule has 1 N–H and O–H groups in total. The molecule has 0 saturated heterocycles. The lowest BCUT2D eigenvalue weighted by Gasteiger charge is -2.09. The van der Waals surface area contributed by atoms with Gasteiger partial charge in [-0.15, -0.1) is 0 Å². The summed E-state index contributed by atoms with van der Waals surface area (Å²) in [6.45, 7) is 3.15. The summed E-state index contributed by atoms with van der Waals surface area (Å²) in [6.07, 6.45) is 0.783. The minimum absolute atomic E-state index is 0.193. The molecule has 1 unspecified atom stereocenters. The van der Waals surface area contributed by atoms with Gasteiger partial charge < -0.3 is 23.0 Å². The van der Waals surface area contributed by atoms with Crippen LogP contribution >= 0.6 is 0 Å². The van der Waals surface area contributed by atoms with E-state index in [0.717, 1.165) is 0 Å². The third kappa shape index (κ3) is 2.03. The monoisotopic (exact) mass is 277 g/mol. The molecule has 20 heavy (non-hydrogen) atoms. The third-order valence-corrected chi connectivity index (χ3v) is 2.89. The maximum Gasteiger partial charge on any atom is 0.519 e. The molecule has 0 saturated carbocycles. The summed E-state index contributed by atoms with van der Waals surface area (Å²) in [4.78, 5) is 25.8. The first-order chi connectivity index (χ1) is 9.54. The fourth-order valence-electron chi connectivity index (χ4n) is 1.96. The van der Waals surface area contributed by atoms with Crippen LogP contribution in [0.2, 0.25) is 0 Å². The molecule has 0 bridgehead atoms. The first-order valence-corrected chi connectivity index (χ1v) is 5.92. The Kier molecular flexibility index (Phi) is 2.74. The molecule has 3 heterocycles. The minimum Gasteiger partial charge on any atom is -0.463 e. The molecule has 7 heteroatoms. The van der Waals surface area contributed by atoms with Crippen molar-refractivity contribution >= 4 is 17.1 Å². The summed E-state index contributed by atoms with van der Waals surface area (Å²) < 4.78 is 19.9. The van der Waals surface area contributed by atoms with Crippen LogP contribution in [0.5, 0.6) is 0 Å². The van der Waals surface area contributed by atoms with Crippen LogP contribution < -0.4 is 5.82 Å². The topological polar surface area (TPSA) is 98.6 Å². The van der Waals surface area contributed by atoms with Crippen LogP contribution in [0, 0.1) is 6.92 Å². The zero-order valence-electron chi connectivity index (χ0n) is 10.8. The quantitative estimate of drug-likeness (QED) is 0.738. The maximum atomic E-state index is 12.0. The lowest BCUT2D eigenvalue weighted by molar-refractivity contribution is 0.0281. The molecule has 0 aliphatic carbocycles. The van der Waals surface area contributed by atoms with E-state index < -0.39 is 17.9 Å². The average molecular weight is 277 g/mol. The van der Waals surface area contributed by atoms with Gasteiger partial charge in [-0.1, -0.05) is 0 Å². The Hall–Kier alpha value is -2.70. The van der Waals surface area contributed by atoms with Gasteiger partial charge in [0.2, 0.25) is 0 Å². The van der Waals surface area contributed by atoms with E-state index in [9.17, 15) is 9.59 Å². The highest BCUT2D eigenvalue weighted by molar-refractivity contribution is 5.93. The number of aryl methyl sites for hydroxylation is 1. The van der Waals surface area contributed by atoms with E-state index in [1.165, 1.54) is 6.26 Å². The zero-order valence-corrected chi connectivity index (χ0v) is 10.8. The first kappa shape index (κ1) is 12.3. The fourth-order valence-corrected chi connectivity index (χ4v) is 1.96. The smallest absolute Gasteiger partial charge is 0.463 e. The first-order valence-electron chi connectivity index (χ1n) is 5.92. The number of H-pyrrole nitrogens is 1. The van der Waals surface area contributed by atoms with E-state index in [-0.39, 0.29) is 17.2 Å². The highest BCUT2D eigenvalue weighted by Crippen LogP contribution is 2.22. The van der Waals surface area contributed by atoms with Gasteiger partial charge in [-0.25, -0.2) is 9.59 Å². The van der Waals surface area contributed by atoms with Crippen LogP contribution in [-0.2, 0) is 4.74 Å². The van der Waals surface area contributed by atoms with E-state index in [0.29, 0.717) is 11.1 Å².